The van der Waals surface area contributed by atoms with E-state index in [1.54, 1.807) is 12.3 Å². The quantitative estimate of drug-likeness (QED) is 0.438. The molecular formula is C16H11BrN4O3S2. The van der Waals surface area contributed by atoms with Gasteiger partial charge in [0.05, 0.1) is 27.8 Å². The van der Waals surface area contributed by atoms with E-state index in [0.29, 0.717) is 22.0 Å². The minimum atomic E-state index is -0.188. The first-order valence-corrected chi connectivity index (χ1v) is 10.0. The number of halogens is 1. The number of aromatic nitrogens is 3. The van der Waals surface area contributed by atoms with Crippen LogP contribution in [0.2, 0.25) is 0 Å². The summed E-state index contributed by atoms with van der Waals surface area (Å²) in [4.78, 5) is 16.5. The van der Waals surface area contributed by atoms with Crippen LogP contribution in [0, 0.1) is 6.92 Å². The van der Waals surface area contributed by atoms with Gasteiger partial charge in [-0.2, -0.15) is 0 Å². The average Bonchev–Trinajstić information content (AvgIpc) is 3.31. The molecule has 4 aromatic rings. The number of furan rings is 1. The van der Waals surface area contributed by atoms with Gasteiger partial charge < -0.3 is 14.2 Å². The lowest BCUT2D eigenvalue weighted by molar-refractivity contribution is -0.113. The topological polar surface area (TPSA) is 94.0 Å². The molecule has 1 amide bonds. The lowest BCUT2D eigenvalue weighted by atomic mass is 10.3. The zero-order chi connectivity index (χ0) is 18.1. The number of nitrogens with zero attached hydrogens (tertiary/aromatic N) is 3. The summed E-state index contributed by atoms with van der Waals surface area (Å²) < 4.78 is 12.7. The standard InChI is InChI=1S/C16H11BrN4O3S2/c1-8-10(4-5-23-8)14-20-21-16(24-14)25-7-13(22)19-15-18-11-3-2-9(17)6-12(11)26-15/h2-6H,7H2,1H3,(H,18,19,22). The SMILES string of the molecule is Cc1occc1-c1nnc(SCC(=O)Nc2nc3ccc(Br)cc3s2)o1. The van der Waals surface area contributed by atoms with Crippen LogP contribution >= 0.6 is 39.0 Å². The molecule has 0 atom stereocenters. The molecule has 0 unspecified atom stereocenters. The number of carbonyl (C=O) groups excluding carboxylic acids is 1. The Balaban J connectivity index is 1.38. The smallest absolute Gasteiger partial charge is 0.277 e. The van der Waals surface area contributed by atoms with E-state index in [-0.39, 0.29) is 11.7 Å². The largest absolute Gasteiger partial charge is 0.469 e. The maximum absolute atomic E-state index is 12.1. The molecule has 0 aliphatic carbocycles. The number of benzene rings is 1. The summed E-state index contributed by atoms with van der Waals surface area (Å²) in [5.74, 6) is 1.03. The Morgan fingerprint density at radius 3 is 3.04 bits per heavy atom. The molecule has 132 valence electrons. The van der Waals surface area contributed by atoms with Crippen molar-refractivity contribution in [2.45, 2.75) is 12.1 Å². The first-order chi connectivity index (χ1) is 12.6. The molecule has 3 aromatic heterocycles. The molecule has 10 heteroatoms. The van der Waals surface area contributed by atoms with Crippen molar-refractivity contribution < 1.29 is 13.6 Å². The van der Waals surface area contributed by atoms with Gasteiger partial charge >= 0.3 is 0 Å². The number of carbonyl (C=O) groups is 1. The van der Waals surface area contributed by atoms with Crippen molar-refractivity contribution in [3.05, 3.63) is 40.8 Å². The number of nitrogens with one attached hydrogen (secondary N) is 1. The number of aryl methyl sites for hydroxylation is 1. The van der Waals surface area contributed by atoms with E-state index in [9.17, 15) is 4.79 Å². The Morgan fingerprint density at radius 2 is 2.23 bits per heavy atom. The second kappa shape index (κ2) is 7.22. The molecule has 0 aliphatic rings. The van der Waals surface area contributed by atoms with Crippen molar-refractivity contribution in [1.29, 1.82) is 0 Å². The zero-order valence-electron chi connectivity index (χ0n) is 13.4. The molecule has 1 aromatic carbocycles. The summed E-state index contributed by atoms with van der Waals surface area (Å²) in [5.41, 5.74) is 1.59. The summed E-state index contributed by atoms with van der Waals surface area (Å²) in [7, 11) is 0. The Labute approximate surface area is 164 Å². The average molecular weight is 451 g/mol. The molecule has 26 heavy (non-hydrogen) atoms. The van der Waals surface area contributed by atoms with Crippen LogP contribution in [0.5, 0.6) is 0 Å². The number of anilines is 1. The normalized spacial score (nSPS) is 11.2. The van der Waals surface area contributed by atoms with Gasteiger partial charge in [-0.15, -0.1) is 10.2 Å². The molecule has 0 bridgehead atoms. The van der Waals surface area contributed by atoms with Crippen LogP contribution < -0.4 is 5.32 Å². The fourth-order valence-corrected chi connectivity index (χ4v) is 4.22. The van der Waals surface area contributed by atoms with Gasteiger partial charge in [-0.25, -0.2) is 4.98 Å². The molecule has 0 saturated heterocycles. The number of fused-ring (bicyclic) bond motifs is 1. The van der Waals surface area contributed by atoms with Crippen molar-refractivity contribution in [3.8, 4) is 11.5 Å². The van der Waals surface area contributed by atoms with Crippen molar-refractivity contribution in [3.63, 3.8) is 0 Å². The van der Waals surface area contributed by atoms with Crippen LogP contribution in [0.3, 0.4) is 0 Å². The molecule has 1 N–H and O–H groups in total. The van der Waals surface area contributed by atoms with E-state index in [4.69, 9.17) is 8.83 Å². The lowest BCUT2D eigenvalue weighted by Gasteiger charge is -1.98. The van der Waals surface area contributed by atoms with E-state index in [2.05, 4.69) is 36.4 Å². The third kappa shape index (κ3) is 3.67. The van der Waals surface area contributed by atoms with Crippen LogP contribution in [0.4, 0.5) is 5.13 Å². The van der Waals surface area contributed by atoms with Gasteiger partial charge in [0.25, 0.3) is 11.1 Å². The first-order valence-electron chi connectivity index (χ1n) is 7.45. The summed E-state index contributed by atoms with van der Waals surface area (Å²) in [6.07, 6.45) is 1.56. The van der Waals surface area contributed by atoms with Gasteiger partial charge in [-0.05, 0) is 31.2 Å². The maximum atomic E-state index is 12.1. The van der Waals surface area contributed by atoms with E-state index in [1.165, 1.54) is 23.1 Å². The zero-order valence-corrected chi connectivity index (χ0v) is 16.6. The highest BCUT2D eigenvalue weighted by Crippen LogP contribution is 2.29. The van der Waals surface area contributed by atoms with Crippen molar-refractivity contribution in [2.24, 2.45) is 0 Å². The fraction of sp³-hybridized carbons (Fsp3) is 0.125. The first kappa shape index (κ1) is 17.3. The van der Waals surface area contributed by atoms with Crippen LogP contribution in [0.1, 0.15) is 5.76 Å². The second-order valence-electron chi connectivity index (χ2n) is 5.23. The van der Waals surface area contributed by atoms with Gasteiger partial charge in [-0.3, -0.25) is 4.79 Å². The lowest BCUT2D eigenvalue weighted by Crippen LogP contribution is -2.13. The molecular weight excluding hydrogens is 440 g/mol. The van der Waals surface area contributed by atoms with Crippen molar-refractivity contribution in [1.82, 2.24) is 15.2 Å². The number of rotatable bonds is 5. The summed E-state index contributed by atoms with van der Waals surface area (Å²) in [5, 5.41) is 11.6. The van der Waals surface area contributed by atoms with Gasteiger partial charge in [-0.1, -0.05) is 39.0 Å². The van der Waals surface area contributed by atoms with Crippen LogP contribution in [0.25, 0.3) is 21.7 Å². The van der Waals surface area contributed by atoms with Gasteiger partial charge in [0.2, 0.25) is 5.91 Å². The van der Waals surface area contributed by atoms with Gasteiger partial charge in [0.1, 0.15) is 5.76 Å². The highest BCUT2D eigenvalue weighted by atomic mass is 79.9. The minimum Gasteiger partial charge on any atom is -0.469 e. The van der Waals surface area contributed by atoms with Crippen LogP contribution in [-0.4, -0.2) is 26.8 Å². The Hall–Kier alpha value is -2.17. The maximum Gasteiger partial charge on any atom is 0.277 e. The number of hydrogen-bond acceptors (Lipinski definition) is 8. The highest BCUT2D eigenvalue weighted by molar-refractivity contribution is 9.10. The summed E-state index contributed by atoms with van der Waals surface area (Å²) in [6, 6.07) is 7.54. The number of hydrogen-bond donors (Lipinski definition) is 1. The Kier molecular flexibility index (Phi) is 4.79. The van der Waals surface area contributed by atoms with Crippen molar-refractivity contribution in [2.75, 3.05) is 11.1 Å². The monoisotopic (exact) mass is 450 g/mol. The predicted octanol–water partition coefficient (Wildman–Crippen LogP) is 4.74. The van der Waals surface area contributed by atoms with E-state index < -0.39 is 0 Å². The number of amides is 1. The molecule has 0 spiro atoms. The molecule has 0 saturated carbocycles. The van der Waals surface area contributed by atoms with E-state index in [0.717, 1.165) is 20.3 Å². The van der Waals surface area contributed by atoms with Gasteiger partial charge in [0.15, 0.2) is 5.13 Å². The van der Waals surface area contributed by atoms with Crippen LogP contribution in [-0.2, 0) is 4.79 Å². The van der Waals surface area contributed by atoms with Crippen LogP contribution in [0.15, 0.2) is 49.1 Å². The van der Waals surface area contributed by atoms with E-state index >= 15 is 0 Å². The van der Waals surface area contributed by atoms with E-state index in [1.807, 2.05) is 25.1 Å². The van der Waals surface area contributed by atoms with Gasteiger partial charge in [0, 0.05) is 4.47 Å². The molecule has 7 nitrogen and oxygen atoms in total. The number of thiazole rings is 1. The summed E-state index contributed by atoms with van der Waals surface area (Å²) in [6.45, 7) is 1.82. The highest BCUT2D eigenvalue weighted by Gasteiger charge is 2.15. The number of thioether (sulfide) groups is 1. The predicted molar refractivity (Wildman–Crippen MR) is 103 cm³/mol. The molecule has 3 heterocycles. The Bertz CT molecular complexity index is 1090. The minimum absolute atomic E-state index is 0.144. The second-order valence-corrected chi connectivity index (χ2v) is 8.10. The third-order valence-corrected chi connectivity index (χ3v) is 5.66. The molecule has 0 radical (unpaired) electrons. The summed E-state index contributed by atoms with van der Waals surface area (Å²) >= 11 is 6.01. The molecule has 0 aliphatic heterocycles. The van der Waals surface area contributed by atoms with Crippen molar-refractivity contribution >= 4 is 60.3 Å². The molecule has 0 fully saturated rings. The molecule has 4 rings (SSSR count). The fourth-order valence-electron chi connectivity index (χ4n) is 2.22. The third-order valence-electron chi connectivity index (χ3n) is 3.42. The Morgan fingerprint density at radius 1 is 1.35 bits per heavy atom.